The Bertz CT molecular complexity index is 1350. The van der Waals surface area contributed by atoms with Crippen LogP contribution in [0.15, 0.2) is 52.4 Å². The number of hydrogen-bond acceptors (Lipinski definition) is 6. The highest BCUT2D eigenvalue weighted by atomic mass is 32.2. The molecule has 32 heavy (non-hydrogen) atoms. The highest BCUT2D eigenvalue weighted by Gasteiger charge is 2.27. The van der Waals surface area contributed by atoms with E-state index in [1.165, 1.54) is 47.0 Å². The maximum atomic E-state index is 12.8. The molecule has 1 aliphatic heterocycles. The highest BCUT2D eigenvalue weighted by Crippen LogP contribution is 2.22. The van der Waals surface area contributed by atoms with Crippen LogP contribution in [0.5, 0.6) is 0 Å². The molecule has 0 bridgehead atoms. The van der Waals surface area contributed by atoms with E-state index in [1.807, 2.05) is 25.1 Å². The molecule has 4 rings (SSSR count). The van der Waals surface area contributed by atoms with E-state index >= 15 is 0 Å². The van der Waals surface area contributed by atoms with E-state index in [-0.39, 0.29) is 17.0 Å². The molecular weight excluding hydrogens is 450 g/mol. The summed E-state index contributed by atoms with van der Waals surface area (Å²) in [6.07, 6.45) is 1.71. The number of aryl methyl sites for hydroxylation is 1. The van der Waals surface area contributed by atoms with Crippen LogP contribution in [0.1, 0.15) is 28.8 Å². The third kappa shape index (κ3) is 4.38. The van der Waals surface area contributed by atoms with Crippen LogP contribution in [0.4, 0.5) is 0 Å². The number of ether oxygens (including phenoxy) is 1. The molecule has 0 atom stereocenters. The Morgan fingerprint density at radius 3 is 2.44 bits per heavy atom. The molecule has 0 spiro atoms. The maximum Gasteiger partial charge on any atom is 0.325 e. The van der Waals surface area contributed by atoms with Gasteiger partial charge in [0, 0.05) is 18.7 Å². The van der Waals surface area contributed by atoms with Crippen molar-refractivity contribution in [3.05, 3.63) is 58.4 Å². The van der Waals surface area contributed by atoms with Crippen LogP contribution in [-0.2, 0) is 26.1 Å². The highest BCUT2D eigenvalue weighted by molar-refractivity contribution is 7.89. The number of nitrogens with zero attached hydrogens (tertiary/aromatic N) is 3. The Kier molecular flexibility index (Phi) is 6.27. The Balaban J connectivity index is 1.68. The van der Waals surface area contributed by atoms with E-state index in [0.717, 1.165) is 28.6 Å². The zero-order chi connectivity index (χ0) is 22.9. The fourth-order valence-corrected chi connectivity index (χ4v) is 6.25. The summed E-state index contributed by atoms with van der Waals surface area (Å²) in [6.45, 7) is 2.93. The summed E-state index contributed by atoms with van der Waals surface area (Å²) in [5.41, 5.74) is 2.10. The van der Waals surface area contributed by atoms with Crippen molar-refractivity contribution in [1.29, 1.82) is 0 Å². The van der Waals surface area contributed by atoms with Gasteiger partial charge in [-0.05, 0) is 61.7 Å². The molecule has 1 saturated heterocycles. The summed E-state index contributed by atoms with van der Waals surface area (Å²) in [7, 11) is -2.24. The van der Waals surface area contributed by atoms with Crippen LogP contribution in [-0.4, -0.2) is 49.4 Å². The number of aromatic nitrogens is 1. The Morgan fingerprint density at radius 1 is 1.09 bits per heavy atom. The standard InChI is InChI=1S/C22H23N3O5S2/c1-15-5-10-18-19(13-15)31-22(25(18)14-20(26)30-2)23-21(27)16-6-8-17(9-7-16)32(28,29)24-11-3-4-12-24/h5-10,13H,3-4,11-12,14H2,1-2H3. The molecule has 1 aromatic heterocycles. The van der Waals surface area contributed by atoms with E-state index in [9.17, 15) is 18.0 Å². The van der Waals surface area contributed by atoms with Gasteiger partial charge in [-0.1, -0.05) is 17.4 Å². The van der Waals surface area contributed by atoms with E-state index in [2.05, 4.69) is 4.99 Å². The fraction of sp³-hybridized carbons (Fsp3) is 0.318. The minimum Gasteiger partial charge on any atom is -0.468 e. The fourth-order valence-electron chi connectivity index (χ4n) is 3.61. The molecule has 0 saturated carbocycles. The van der Waals surface area contributed by atoms with Gasteiger partial charge in [0.2, 0.25) is 10.0 Å². The predicted molar refractivity (Wildman–Crippen MR) is 121 cm³/mol. The lowest BCUT2D eigenvalue weighted by atomic mass is 10.2. The summed E-state index contributed by atoms with van der Waals surface area (Å²) in [6, 6.07) is 11.6. The van der Waals surface area contributed by atoms with Crippen molar-refractivity contribution < 1.29 is 22.7 Å². The summed E-state index contributed by atoms with van der Waals surface area (Å²) < 4.78 is 34.2. The summed E-state index contributed by atoms with van der Waals surface area (Å²) in [5, 5.41) is 0. The monoisotopic (exact) mass is 473 g/mol. The van der Waals surface area contributed by atoms with Crippen molar-refractivity contribution in [1.82, 2.24) is 8.87 Å². The molecule has 2 aromatic carbocycles. The summed E-state index contributed by atoms with van der Waals surface area (Å²) in [4.78, 5) is 29.5. The third-order valence-electron chi connectivity index (χ3n) is 5.35. The largest absolute Gasteiger partial charge is 0.468 e. The van der Waals surface area contributed by atoms with Crippen LogP contribution in [0, 0.1) is 6.92 Å². The van der Waals surface area contributed by atoms with Crippen LogP contribution in [0.2, 0.25) is 0 Å². The number of rotatable bonds is 5. The number of fused-ring (bicyclic) bond motifs is 1. The van der Waals surface area contributed by atoms with Gasteiger partial charge in [-0.15, -0.1) is 0 Å². The first kappa shape index (κ1) is 22.4. The number of methoxy groups -OCH3 is 1. The average Bonchev–Trinajstić information content (AvgIpc) is 3.43. The number of esters is 1. The van der Waals surface area contributed by atoms with Gasteiger partial charge in [-0.3, -0.25) is 9.59 Å². The molecule has 8 nitrogen and oxygen atoms in total. The topological polar surface area (TPSA) is 98.0 Å². The molecule has 10 heteroatoms. The van der Waals surface area contributed by atoms with Crippen LogP contribution in [0.3, 0.4) is 0 Å². The molecule has 0 N–H and O–H groups in total. The van der Waals surface area contributed by atoms with Gasteiger partial charge in [0.25, 0.3) is 5.91 Å². The first-order valence-corrected chi connectivity index (χ1v) is 12.4. The Labute approximate surface area is 189 Å². The van der Waals surface area contributed by atoms with Gasteiger partial charge in [0.05, 0.1) is 22.2 Å². The quantitative estimate of drug-likeness (QED) is 0.531. The molecule has 3 aromatic rings. The number of carbonyl (C=O) groups is 2. The minimum absolute atomic E-state index is 0.0707. The SMILES string of the molecule is COC(=O)Cn1c(=NC(=O)c2ccc(S(=O)(=O)N3CCCC3)cc2)sc2cc(C)ccc21. The molecule has 0 aliphatic carbocycles. The second kappa shape index (κ2) is 8.97. The minimum atomic E-state index is -3.55. The number of sulfonamides is 1. The van der Waals surface area contributed by atoms with E-state index in [4.69, 9.17) is 4.74 Å². The molecule has 2 heterocycles. The third-order valence-corrected chi connectivity index (χ3v) is 8.31. The zero-order valence-electron chi connectivity index (χ0n) is 17.8. The Morgan fingerprint density at radius 2 is 1.78 bits per heavy atom. The van der Waals surface area contributed by atoms with Gasteiger partial charge in [0.1, 0.15) is 6.54 Å². The molecular formula is C22H23N3O5S2. The van der Waals surface area contributed by atoms with Crippen molar-refractivity contribution >= 4 is 43.5 Å². The molecule has 1 amide bonds. The maximum absolute atomic E-state index is 12.8. The summed E-state index contributed by atoms with van der Waals surface area (Å²) in [5.74, 6) is -0.965. The van der Waals surface area contributed by atoms with E-state index in [1.54, 1.807) is 4.57 Å². The van der Waals surface area contributed by atoms with Crippen molar-refractivity contribution in [3.8, 4) is 0 Å². The van der Waals surface area contributed by atoms with Crippen molar-refractivity contribution in [2.75, 3.05) is 20.2 Å². The van der Waals surface area contributed by atoms with Crippen molar-refractivity contribution in [2.24, 2.45) is 4.99 Å². The van der Waals surface area contributed by atoms with Gasteiger partial charge in [0.15, 0.2) is 4.80 Å². The lowest BCUT2D eigenvalue weighted by molar-refractivity contribution is -0.141. The van der Waals surface area contributed by atoms with Crippen LogP contribution < -0.4 is 4.80 Å². The molecule has 1 aliphatic rings. The smallest absolute Gasteiger partial charge is 0.325 e. The summed E-state index contributed by atoms with van der Waals surface area (Å²) >= 11 is 1.30. The van der Waals surface area contributed by atoms with Gasteiger partial charge >= 0.3 is 5.97 Å². The zero-order valence-corrected chi connectivity index (χ0v) is 19.4. The van der Waals surface area contributed by atoms with E-state index in [0.29, 0.717) is 17.9 Å². The predicted octanol–water partition coefficient (Wildman–Crippen LogP) is 2.71. The first-order valence-electron chi connectivity index (χ1n) is 10.2. The van der Waals surface area contributed by atoms with Gasteiger partial charge < -0.3 is 9.30 Å². The number of amides is 1. The molecule has 0 radical (unpaired) electrons. The lowest BCUT2D eigenvalue weighted by Crippen LogP contribution is -2.27. The molecule has 0 unspecified atom stereocenters. The number of hydrogen-bond donors (Lipinski definition) is 0. The average molecular weight is 474 g/mol. The second-order valence-corrected chi connectivity index (χ2v) is 10.5. The second-order valence-electron chi connectivity index (χ2n) is 7.57. The normalized spacial score (nSPS) is 15.4. The van der Waals surface area contributed by atoms with Crippen molar-refractivity contribution in [3.63, 3.8) is 0 Å². The Hall–Kier alpha value is -2.82. The lowest BCUT2D eigenvalue weighted by Gasteiger charge is -2.15. The van der Waals surface area contributed by atoms with Crippen LogP contribution >= 0.6 is 11.3 Å². The number of carbonyl (C=O) groups excluding carboxylic acids is 2. The van der Waals surface area contributed by atoms with Crippen molar-refractivity contribution in [2.45, 2.75) is 31.2 Å². The van der Waals surface area contributed by atoms with E-state index < -0.39 is 21.9 Å². The first-order chi connectivity index (χ1) is 15.3. The molecule has 168 valence electrons. The number of thiazole rings is 1. The van der Waals surface area contributed by atoms with Gasteiger partial charge in [-0.25, -0.2) is 8.42 Å². The van der Waals surface area contributed by atoms with Crippen LogP contribution in [0.25, 0.3) is 10.2 Å². The molecule has 1 fully saturated rings. The number of benzene rings is 2. The van der Waals surface area contributed by atoms with Gasteiger partial charge in [-0.2, -0.15) is 9.30 Å².